The fourth-order valence-electron chi connectivity index (χ4n) is 3.77. The van der Waals surface area contributed by atoms with E-state index in [0.29, 0.717) is 31.9 Å². The van der Waals surface area contributed by atoms with E-state index in [-0.39, 0.29) is 0 Å². The first kappa shape index (κ1) is 18.0. The first-order valence-corrected chi connectivity index (χ1v) is 9.31. The first-order valence-electron chi connectivity index (χ1n) is 9.31. The molecule has 0 bridgehead atoms. The zero-order valence-corrected chi connectivity index (χ0v) is 15.2. The van der Waals surface area contributed by atoms with Gasteiger partial charge in [-0.25, -0.2) is 4.79 Å². The summed E-state index contributed by atoms with van der Waals surface area (Å²) in [5.41, 5.74) is -0.135. The Morgan fingerprint density at radius 1 is 0.963 bits per heavy atom. The van der Waals surface area contributed by atoms with Gasteiger partial charge >= 0.3 is 6.09 Å². The van der Waals surface area contributed by atoms with Gasteiger partial charge in [0.05, 0.1) is 13.2 Å². The van der Waals surface area contributed by atoms with E-state index < -0.39 is 17.9 Å². The molecular weight excluding hydrogens is 344 g/mol. The average Bonchev–Trinajstić information content (AvgIpc) is 2.99. The molecule has 2 aromatic carbocycles. The molecule has 6 nitrogen and oxygen atoms in total. The number of hydrogen-bond donors (Lipinski definition) is 1. The van der Waals surface area contributed by atoms with Crippen molar-refractivity contribution in [2.75, 3.05) is 39.4 Å². The molecule has 2 aliphatic heterocycles. The van der Waals surface area contributed by atoms with E-state index in [0.717, 1.165) is 18.7 Å². The lowest BCUT2D eigenvalue weighted by atomic mass is 9.91. The number of carbonyl (C=O) groups is 1. The molecule has 142 valence electrons. The van der Waals surface area contributed by atoms with Crippen LogP contribution in [0.15, 0.2) is 60.7 Å². The summed E-state index contributed by atoms with van der Waals surface area (Å²) in [7, 11) is 0. The van der Waals surface area contributed by atoms with Gasteiger partial charge in [-0.2, -0.15) is 0 Å². The second-order valence-electron chi connectivity index (χ2n) is 6.87. The fourth-order valence-corrected chi connectivity index (χ4v) is 3.77. The Kier molecular flexibility index (Phi) is 5.11. The lowest BCUT2D eigenvalue weighted by Gasteiger charge is -2.36. The minimum Gasteiger partial charge on any atom is -0.436 e. The molecule has 2 fully saturated rings. The molecule has 0 radical (unpaired) electrons. The highest BCUT2D eigenvalue weighted by Crippen LogP contribution is 2.46. The second kappa shape index (κ2) is 7.68. The van der Waals surface area contributed by atoms with Crippen LogP contribution < -0.4 is 0 Å². The van der Waals surface area contributed by atoms with Crippen LogP contribution in [0.2, 0.25) is 0 Å². The molecular formula is C21H24N2O4. The summed E-state index contributed by atoms with van der Waals surface area (Å²) in [6, 6.07) is 18.7. The van der Waals surface area contributed by atoms with Crippen LogP contribution in [0.3, 0.4) is 0 Å². The Hall–Kier alpha value is -2.41. The SMILES string of the molecule is O=C1O[C@H](c2ccccc2)[C@](O)(c2ccccc2)N1CCN1CCOCC1. The van der Waals surface area contributed by atoms with Gasteiger partial charge in [0.25, 0.3) is 0 Å². The van der Waals surface area contributed by atoms with Crippen LogP contribution in [-0.2, 0) is 15.2 Å². The van der Waals surface area contributed by atoms with Crippen LogP contribution in [-0.4, -0.2) is 60.4 Å². The second-order valence-corrected chi connectivity index (χ2v) is 6.87. The molecule has 1 N–H and O–H groups in total. The Labute approximate surface area is 158 Å². The zero-order valence-electron chi connectivity index (χ0n) is 15.2. The number of ether oxygens (including phenoxy) is 2. The number of nitrogens with zero attached hydrogens (tertiary/aromatic N) is 2. The Bertz CT molecular complexity index is 764. The molecule has 0 unspecified atom stereocenters. The number of aliphatic hydroxyl groups is 1. The zero-order chi connectivity index (χ0) is 18.7. The molecule has 2 aliphatic rings. The van der Waals surface area contributed by atoms with Crippen molar-refractivity contribution in [3.63, 3.8) is 0 Å². The highest BCUT2D eigenvalue weighted by atomic mass is 16.6. The Balaban J connectivity index is 1.65. The third-order valence-corrected chi connectivity index (χ3v) is 5.26. The van der Waals surface area contributed by atoms with Gasteiger partial charge in [-0.3, -0.25) is 9.80 Å². The number of benzene rings is 2. The van der Waals surface area contributed by atoms with Gasteiger partial charge in [-0.05, 0) is 5.56 Å². The van der Waals surface area contributed by atoms with Crippen LogP contribution in [0.4, 0.5) is 4.79 Å². The van der Waals surface area contributed by atoms with E-state index in [1.165, 1.54) is 4.90 Å². The number of cyclic esters (lactones) is 1. The molecule has 2 heterocycles. The number of amides is 1. The summed E-state index contributed by atoms with van der Waals surface area (Å²) < 4.78 is 11.0. The maximum absolute atomic E-state index is 12.7. The van der Waals surface area contributed by atoms with Gasteiger partial charge in [-0.1, -0.05) is 60.7 Å². The Morgan fingerprint density at radius 3 is 2.26 bits per heavy atom. The maximum Gasteiger partial charge on any atom is 0.413 e. The van der Waals surface area contributed by atoms with Gasteiger partial charge in [0.2, 0.25) is 5.72 Å². The Morgan fingerprint density at radius 2 is 1.59 bits per heavy atom. The lowest BCUT2D eigenvalue weighted by Crippen LogP contribution is -2.49. The molecule has 4 rings (SSSR count). The fraction of sp³-hybridized carbons (Fsp3) is 0.381. The van der Waals surface area contributed by atoms with Crippen LogP contribution in [0.25, 0.3) is 0 Å². The molecule has 1 amide bonds. The van der Waals surface area contributed by atoms with Crippen molar-refractivity contribution in [2.45, 2.75) is 11.8 Å². The lowest BCUT2D eigenvalue weighted by molar-refractivity contribution is -0.112. The van der Waals surface area contributed by atoms with Crippen molar-refractivity contribution in [1.82, 2.24) is 9.80 Å². The standard InChI is InChI=1S/C21H24N2O4/c24-20-23(12-11-22-13-15-26-16-14-22)21(25,18-9-5-2-6-10-18)19(27-20)17-7-3-1-4-8-17/h1-10,19,25H,11-16H2/t19-,21-/m1/s1. The summed E-state index contributed by atoms with van der Waals surface area (Å²) in [4.78, 5) is 16.4. The molecule has 0 aromatic heterocycles. The largest absolute Gasteiger partial charge is 0.436 e. The molecule has 2 saturated heterocycles. The van der Waals surface area contributed by atoms with Crippen molar-refractivity contribution in [3.8, 4) is 0 Å². The summed E-state index contributed by atoms with van der Waals surface area (Å²) in [6.07, 6.45) is -1.28. The van der Waals surface area contributed by atoms with Crippen LogP contribution in [0.5, 0.6) is 0 Å². The molecule has 27 heavy (non-hydrogen) atoms. The molecule has 0 aliphatic carbocycles. The third kappa shape index (κ3) is 3.43. The molecule has 0 spiro atoms. The van der Waals surface area contributed by atoms with E-state index >= 15 is 0 Å². The number of carbonyl (C=O) groups excluding carboxylic acids is 1. The van der Waals surface area contributed by atoms with Crippen LogP contribution in [0.1, 0.15) is 17.2 Å². The minimum atomic E-state index is -1.55. The summed E-state index contributed by atoms with van der Waals surface area (Å²) in [5, 5.41) is 11.8. The maximum atomic E-state index is 12.7. The topological polar surface area (TPSA) is 62.2 Å². The normalized spacial score (nSPS) is 26.2. The molecule has 0 saturated carbocycles. The number of morpholine rings is 1. The first-order chi connectivity index (χ1) is 13.2. The predicted molar refractivity (Wildman–Crippen MR) is 100.0 cm³/mol. The van der Waals surface area contributed by atoms with Crippen LogP contribution >= 0.6 is 0 Å². The summed E-state index contributed by atoms with van der Waals surface area (Å²) >= 11 is 0. The summed E-state index contributed by atoms with van der Waals surface area (Å²) in [5.74, 6) is 0. The number of rotatable bonds is 5. The quantitative estimate of drug-likeness (QED) is 0.878. The van der Waals surface area contributed by atoms with E-state index in [2.05, 4.69) is 4.90 Å². The molecule has 2 atom stereocenters. The van der Waals surface area contributed by atoms with E-state index in [1.807, 2.05) is 60.7 Å². The van der Waals surface area contributed by atoms with Crippen molar-refractivity contribution in [1.29, 1.82) is 0 Å². The smallest absolute Gasteiger partial charge is 0.413 e. The van der Waals surface area contributed by atoms with Crippen molar-refractivity contribution < 1.29 is 19.4 Å². The van der Waals surface area contributed by atoms with Gasteiger partial charge in [0, 0.05) is 31.7 Å². The van der Waals surface area contributed by atoms with Gasteiger partial charge in [0.15, 0.2) is 6.10 Å². The van der Waals surface area contributed by atoms with Crippen molar-refractivity contribution >= 4 is 6.09 Å². The monoisotopic (exact) mass is 368 g/mol. The average molecular weight is 368 g/mol. The molecule has 6 heteroatoms. The van der Waals surface area contributed by atoms with Crippen LogP contribution in [0, 0.1) is 0 Å². The van der Waals surface area contributed by atoms with E-state index in [4.69, 9.17) is 9.47 Å². The predicted octanol–water partition coefficient (Wildman–Crippen LogP) is 2.36. The minimum absolute atomic E-state index is 0.383. The van der Waals surface area contributed by atoms with E-state index in [9.17, 15) is 9.90 Å². The highest BCUT2D eigenvalue weighted by Gasteiger charge is 2.55. The summed E-state index contributed by atoms with van der Waals surface area (Å²) in [6.45, 7) is 4.09. The third-order valence-electron chi connectivity index (χ3n) is 5.26. The van der Waals surface area contributed by atoms with Crippen molar-refractivity contribution in [3.05, 3.63) is 71.8 Å². The van der Waals surface area contributed by atoms with Gasteiger partial charge < -0.3 is 14.6 Å². The molecule has 2 aromatic rings. The highest BCUT2D eigenvalue weighted by molar-refractivity contribution is 5.72. The number of hydrogen-bond acceptors (Lipinski definition) is 5. The van der Waals surface area contributed by atoms with Gasteiger partial charge in [0.1, 0.15) is 0 Å². The van der Waals surface area contributed by atoms with E-state index in [1.54, 1.807) is 0 Å². The van der Waals surface area contributed by atoms with Crippen molar-refractivity contribution in [2.24, 2.45) is 0 Å². The van der Waals surface area contributed by atoms with Gasteiger partial charge in [-0.15, -0.1) is 0 Å².